The van der Waals surface area contributed by atoms with Gasteiger partial charge in [0.05, 0.1) is 18.7 Å². The van der Waals surface area contributed by atoms with Crippen molar-refractivity contribution >= 4 is 23.4 Å². The Morgan fingerprint density at radius 1 is 1.16 bits per heavy atom. The number of benzene rings is 2. The van der Waals surface area contributed by atoms with Crippen LogP contribution in [0, 0.1) is 0 Å². The van der Waals surface area contributed by atoms with Crippen LogP contribution in [0.3, 0.4) is 0 Å². The van der Waals surface area contributed by atoms with Crippen molar-refractivity contribution in [1.82, 2.24) is 10.2 Å². The van der Waals surface area contributed by atoms with Crippen molar-refractivity contribution in [2.45, 2.75) is 13.5 Å². The first-order chi connectivity index (χ1) is 12.0. The van der Waals surface area contributed by atoms with Gasteiger partial charge in [0.25, 0.3) is 5.91 Å². The van der Waals surface area contributed by atoms with E-state index in [2.05, 4.69) is 5.32 Å². The normalized spacial score (nSPS) is 10.2. The second kappa shape index (κ2) is 9.08. The van der Waals surface area contributed by atoms with Crippen molar-refractivity contribution in [2.75, 3.05) is 20.2 Å². The molecule has 0 aromatic heterocycles. The lowest BCUT2D eigenvalue weighted by atomic mass is 10.2. The minimum Gasteiger partial charge on any atom is -0.493 e. The van der Waals surface area contributed by atoms with Gasteiger partial charge in [0, 0.05) is 18.6 Å². The highest BCUT2D eigenvalue weighted by atomic mass is 35.5. The highest BCUT2D eigenvalue weighted by Crippen LogP contribution is 2.17. The standard InChI is InChI=1S/C19H21ClN2O3/c1-3-25-17-10-5-4-9-16(17)19(24)21-12-18(23)22(2)13-14-7-6-8-15(20)11-14/h4-11H,3,12-13H2,1-2H3,(H,21,24). The van der Waals surface area contributed by atoms with Crippen molar-refractivity contribution in [3.05, 3.63) is 64.7 Å². The summed E-state index contributed by atoms with van der Waals surface area (Å²) in [5.74, 6) is -0.0296. The van der Waals surface area contributed by atoms with Gasteiger partial charge in [-0.2, -0.15) is 0 Å². The molecule has 25 heavy (non-hydrogen) atoms. The van der Waals surface area contributed by atoms with Crippen LogP contribution in [-0.2, 0) is 11.3 Å². The van der Waals surface area contributed by atoms with E-state index in [0.29, 0.717) is 29.5 Å². The van der Waals surface area contributed by atoms with Crippen LogP contribution in [0.4, 0.5) is 0 Å². The van der Waals surface area contributed by atoms with Crippen LogP contribution in [0.15, 0.2) is 48.5 Å². The van der Waals surface area contributed by atoms with E-state index in [9.17, 15) is 9.59 Å². The van der Waals surface area contributed by atoms with E-state index in [1.54, 1.807) is 42.3 Å². The van der Waals surface area contributed by atoms with Gasteiger partial charge in [-0.3, -0.25) is 9.59 Å². The first kappa shape index (κ1) is 18.8. The monoisotopic (exact) mass is 360 g/mol. The molecule has 0 saturated heterocycles. The predicted octanol–water partition coefficient (Wildman–Crippen LogP) is 3.13. The lowest BCUT2D eigenvalue weighted by Gasteiger charge is -2.18. The fourth-order valence-electron chi connectivity index (χ4n) is 2.32. The van der Waals surface area contributed by atoms with Crippen LogP contribution in [0.5, 0.6) is 5.75 Å². The molecule has 0 heterocycles. The molecule has 0 aliphatic carbocycles. The Bertz CT molecular complexity index is 749. The average molecular weight is 361 g/mol. The number of rotatable bonds is 7. The maximum atomic E-state index is 12.3. The van der Waals surface area contributed by atoms with Crippen molar-refractivity contribution in [3.63, 3.8) is 0 Å². The second-order valence-corrected chi connectivity index (χ2v) is 5.93. The molecule has 2 rings (SSSR count). The van der Waals surface area contributed by atoms with Gasteiger partial charge < -0.3 is 15.0 Å². The Morgan fingerprint density at radius 2 is 1.92 bits per heavy atom. The predicted molar refractivity (Wildman–Crippen MR) is 97.9 cm³/mol. The van der Waals surface area contributed by atoms with Gasteiger partial charge in [-0.1, -0.05) is 35.9 Å². The van der Waals surface area contributed by atoms with Gasteiger partial charge in [0.15, 0.2) is 0 Å². The number of halogens is 1. The molecular weight excluding hydrogens is 340 g/mol. The zero-order valence-electron chi connectivity index (χ0n) is 14.3. The molecule has 6 heteroatoms. The highest BCUT2D eigenvalue weighted by Gasteiger charge is 2.15. The van der Waals surface area contributed by atoms with E-state index in [-0.39, 0.29) is 18.4 Å². The van der Waals surface area contributed by atoms with Crippen LogP contribution < -0.4 is 10.1 Å². The Hall–Kier alpha value is -2.53. The lowest BCUT2D eigenvalue weighted by Crippen LogP contribution is -2.37. The fourth-order valence-corrected chi connectivity index (χ4v) is 2.53. The number of likely N-dealkylation sites (N-methyl/N-ethyl adjacent to an activating group) is 1. The number of para-hydroxylation sites is 1. The maximum absolute atomic E-state index is 12.3. The summed E-state index contributed by atoms with van der Waals surface area (Å²) in [5.41, 5.74) is 1.34. The molecule has 132 valence electrons. The Balaban J connectivity index is 1.91. The summed E-state index contributed by atoms with van der Waals surface area (Å²) in [6.07, 6.45) is 0. The second-order valence-electron chi connectivity index (χ2n) is 5.49. The molecule has 2 aromatic carbocycles. The smallest absolute Gasteiger partial charge is 0.255 e. The number of hydrogen-bond acceptors (Lipinski definition) is 3. The molecule has 0 saturated carbocycles. The van der Waals surface area contributed by atoms with Crippen LogP contribution in [-0.4, -0.2) is 36.9 Å². The van der Waals surface area contributed by atoms with Gasteiger partial charge in [-0.25, -0.2) is 0 Å². The number of carbonyl (C=O) groups is 2. The molecular formula is C19H21ClN2O3. The van der Waals surface area contributed by atoms with Crippen LogP contribution in [0.1, 0.15) is 22.8 Å². The first-order valence-corrected chi connectivity index (χ1v) is 8.37. The number of carbonyl (C=O) groups excluding carboxylic acids is 2. The third-order valence-electron chi connectivity index (χ3n) is 3.57. The molecule has 0 radical (unpaired) electrons. The summed E-state index contributed by atoms with van der Waals surface area (Å²) in [6, 6.07) is 14.3. The van der Waals surface area contributed by atoms with Gasteiger partial charge in [0.2, 0.25) is 5.91 Å². The van der Waals surface area contributed by atoms with Crippen molar-refractivity contribution < 1.29 is 14.3 Å². The number of nitrogens with one attached hydrogen (secondary N) is 1. The van der Waals surface area contributed by atoms with E-state index >= 15 is 0 Å². The summed E-state index contributed by atoms with van der Waals surface area (Å²) >= 11 is 5.95. The topological polar surface area (TPSA) is 58.6 Å². The van der Waals surface area contributed by atoms with E-state index in [4.69, 9.17) is 16.3 Å². The molecule has 1 N–H and O–H groups in total. The van der Waals surface area contributed by atoms with E-state index < -0.39 is 0 Å². The Kier molecular flexibility index (Phi) is 6.83. The minimum absolute atomic E-state index is 0.0869. The number of ether oxygens (including phenoxy) is 1. The first-order valence-electron chi connectivity index (χ1n) is 7.99. The van der Waals surface area contributed by atoms with Gasteiger partial charge in [-0.05, 0) is 36.8 Å². The molecule has 2 amide bonds. The SMILES string of the molecule is CCOc1ccccc1C(=O)NCC(=O)N(C)Cc1cccc(Cl)c1. The molecule has 2 aromatic rings. The zero-order chi connectivity index (χ0) is 18.2. The van der Waals surface area contributed by atoms with E-state index in [1.807, 2.05) is 25.1 Å². The average Bonchev–Trinajstić information content (AvgIpc) is 2.60. The van der Waals surface area contributed by atoms with Gasteiger partial charge in [-0.15, -0.1) is 0 Å². The van der Waals surface area contributed by atoms with E-state index in [1.165, 1.54) is 0 Å². The van der Waals surface area contributed by atoms with Crippen LogP contribution in [0.2, 0.25) is 5.02 Å². The molecule has 0 spiro atoms. The minimum atomic E-state index is -0.339. The Labute approximate surface area is 152 Å². The van der Waals surface area contributed by atoms with Crippen molar-refractivity contribution in [3.8, 4) is 5.75 Å². The summed E-state index contributed by atoms with van der Waals surface area (Å²) < 4.78 is 5.43. The number of nitrogens with zero attached hydrogens (tertiary/aromatic N) is 1. The molecule has 5 nitrogen and oxygen atoms in total. The van der Waals surface area contributed by atoms with Gasteiger partial charge >= 0.3 is 0 Å². The molecule has 0 aliphatic rings. The van der Waals surface area contributed by atoms with Gasteiger partial charge in [0.1, 0.15) is 5.75 Å². The quantitative estimate of drug-likeness (QED) is 0.825. The fraction of sp³-hybridized carbons (Fsp3) is 0.263. The van der Waals surface area contributed by atoms with Crippen molar-refractivity contribution in [2.24, 2.45) is 0 Å². The summed E-state index contributed by atoms with van der Waals surface area (Å²) in [4.78, 5) is 26.1. The third kappa shape index (κ3) is 5.50. The molecule has 0 bridgehead atoms. The molecule has 0 atom stereocenters. The van der Waals surface area contributed by atoms with E-state index in [0.717, 1.165) is 5.56 Å². The van der Waals surface area contributed by atoms with Crippen LogP contribution >= 0.6 is 11.6 Å². The third-order valence-corrected chi connectivity index (χ3v) is 3.80. The molecule has 0 unspecified atom stereocenters. The lowest BCUT2D eigenvalue weighted by molar-refractivity contribution is -0.129. The maximum Gasteiger partial charge on any atom is 0.255 e. The Morgan fingerprint density at radius 3 is 2.64 bits per heavy atom. The number of hydrogen-bond donors (Lipinski definition) is 1. The zero-order valence-corrected chi connectivity index (χ0v) is 15.0. The van der Waals surface area contributed by atoms with Crippen LogP contribution in [0.25, 0.3) is 0 Å². The summed E-state index contributed by atoms with van der Waals surface area (Å²) in [5, 5.41) is 3.26. The molecule has 0 fully saturated rings. The summed E-state index contributed by atoms with van der Waals surface area (Å²) in [6.45, 7) is 2.65. The highest BCUT2D eigenvalue weighted by molar-refractivity contribution is 6.30. The van der Waals surface area contributed by atoms with Crippen molar-refractivity contribution in [1.29, 1.82) is 0 Å². The number of amides is 2. The molecule has 0 aliphatic heterocycles. The summed E-state index contributed by atoms with van der Waals surface area (Å²) in [7, 11) is 1.68. The largest absolute Gasteiger partial charge is 0.493 e.